The van der Waals surface area contributed by atoms with E-state index in [1.54, 1.807) is 36.9 Å². The number of aromatic nitrogens is 7. The Morgan fingerprint density at radius 3 is 2.45 bits per heavy atom. The second kappa shape index (κ2) is 8.84. The highest BCUT2D eigenvalue weighted by atomic mass is 19.1. The zero-order valence-electron chi connectivity index (χ0n) is 20.9. The van der Waals surface area contributed by atoms with Crippen LogP contribution in [-0.2, 0) is 4.79 Å². The zero-order valence-corrected chi connectivity index (χ0v) is 20.9. The van der Waals surface area contributed by atoms with Crippen molar-refractivity contribution in [3.63, 3.8) is 0 Å². The highest BCUT2D eigenvalue weighted by molar-refractivity contribution is 5.96. The number of hydrogen-bond acceptors (Lipinski definition) is 6. The van der Waals surface area contributed by atoms with Gasteiger partial charge in [0.05, 0.1) is 40.3 Å². The van der Waals surface area contributed by atoms with Crippen molar-refractivity contribution < 1.29 is 9.18 Å². The fourth-order valence-electron chi connectivity index (χ4n) is 4.08. The minimum absolute atomic E-state index is 0.101. The predicted molar refractivity (Wildman–Crippen MR) is 143 cm³/mol. The average molecular weight is 507 g/mol. The maximum Gasteiger partial charge on any atom is 0.229 e. The summed E-state index contributed by atoms with van der Waals surface area (Å²) < 4.78 is 13.5. The maximum absolute atomic E-state index is 13.5. The molecule has 0 aliphatic heterocycles. The molecule has 1 aromatic carbocycles. The van der Waals surface area contributed by atoms with E-state index in [0.29, 0.717) is 33.9 Å². The van der Waals surface area contributed by atoms with Gasteiger partial charge in [-0.1, -0.05) is 32.9 Å². The number of carbonyl (C=O) groups excluding carboxylic acids is 1. The van der Waals surface area contributed by atoms with Crippen molar-refractivity contribution in [1.29, 1.82) is 0 Å². The number of carbonyl (C=O) groups is 1. The molecule has 6 aromatic rings. The van der Waals surface area contributed by atoms with Gasteiger partial charge in [0.1, 0.15) is 11.3 Å². The second-order valence-electron chi connectivity index (χ2n) is 10.0. The van der Waals surface area contributed by atoms with Crippen molar-refractivity contribution in [3.8, 4) is 33.9 Å². The van der Waals surface area contributed by atoms with Gasteiger partial charge in [0, 0.05) is 28.9 Å². The number of imidazole rings is 1. The molecule has 0 saturated heterocycles. The minimum Gasteiger partial charge on any atom is -0.335 e. The highest BCUT2D eigenvalue weighted by Crippen LogP contribution is 2.31. The summed E-state index contributed by atoms with van der Waals surface area (Å²) in [4.78, 5) is 34.0. The van der Waals surface area contributed by atoms with Crippen LogP contribution in [0, 0.1) is 11.2 Å². The van der Waals surface area contributed by atoms with Crippen LogP contribution < -0.4 is 5.32 Å². The Labute approximate surface area is 216 Å². The SMILES string of the molecule is CC(C)(C)C(=O)Nc1cncc(-c2ccc3[nH]nc(-c4nc5c(-c6ccc(F)cc6)cncc5[nH]4)c3n2)c1. The molecule has 0 radical (unpaired) electrons. The van der Waals surface area contributed by atoms with Crippen molar-refractivity contribution >= 4 is 33.7 Å². The summed E-state index contributed by atoms with van der Waals surface area (Å²) in [6.07, 6.45) is 6.70. The summed E-state index contributed by atoms with van der Waals surface area (Å²) in [5.74, 6) is 0.117. The number of benzene rings is 1. The van der Waals surface area contributed by atoms with E-state index in [2.05, 4.69) is 30.5 Å². The molecule has 5 heterocycles. The average Bonchev–Trinajstić information content (AvgIpc) is 3.52. The van der Waals surface area contributed by atoms with Crippen LogP contribution in [-0.4, -0.2) is 41.0 Å². The van der Waals surface area contributed by atoms with Crippen LogP contribution in [0.5, 0.6) is 0 Å². The van der Waals surface area contributed by atoms with Crippen LogP contribution >= 0.6 is 0 Å². The third-order valence-corrected chi connectivity index (χ3v) is 6.15. The molecule has 0 atom stereocenters. The van der Waals surface area contributed by atoms with Gasteiger partial charge >= 0.3 is 0 Å². The lowest BCUT2D eigenvalue weighted by Crippen LogP contribution is -2.27. The first-order chi connectivity index (χ1) is 18.3. The Morgan fingerprint density at radius 1 is 0.868 bits per heavy atom. The number of fused-ring (bicyclic) bond motifs is 2. The molecule has 188 valence electrons. The Hall–Kier alpha value is -4.99. The number of amides is 1. The number of H-pyrrole nitrogens is 2. The monoisotopic (exact) mass is 506 g/mol. The van der Waals surface area contributed by atoms with Crippen LogP contribution in [0.25, 0.3) is 56.0 Å². The van der Waals surface area contributed by atoms with E-state index < -0.39 is 5.41 Å². The van der Waals surface area contributed by atoms with E-state index in [1.807, 2.05) is 39.0 Å². The van der Waals surface area contributed by atoms with Crippen LogP contribution in [0.15, 0.2) is 67.3 Å². The number of anilines is 1. The molecule has 38 heavy (non-hydrogen) atoms. The third-order valence-electron chi connectivity index (χ3n) is 6.15. The molecule has 5 aromatic heterocycles. The molecule has 0 aliphatic carbocycles. The van der Waals surface area contributed by atoms with Gasteiger partial charge in [0.2, 0.25) is 5.91 Å². The number of nitrogens with zero attached hydrogens (tertiary/aromatic N) is 5. The molecule has 6 rings (SSSR count). The molecule has 0 saturated carbocycles. The molecule has 10 heteroatoms. The summed E-state index contributed by atoms with van der Waals surface area (Å²) in [6, 6.07) is 11.8. The Kier molecular flexibility index (Phi) is 5.45. The number of halogens is 1. The third kappa shape index (κ3) is 4.26. The molecule has 1 amide bonds. The fourth-order valence-corrected chi connectivity index (χ4v) is 4.08. The summed E-state index contributed by atoms with van der Waals surface area (Å²) in [5.41, 5.74) is 6.40. The Morgan fingerprint density at radius 2 is 1.66 bits per heavy atom. The molecule has 0 unspecified atom stereocenters. The molecular weight excluding hydrogens is 483 g/mol. The van der Waals surface area contributed by atoms with Crippen LogP contribution in [0.4, 0.5) is 10.1 Å². The van der Waals surface area contributed by atoms with Crippen molar-refractivity contribution in [3.05, 3.63) is 73.1 Å². The molecule has 9 nitrogen and oxygen atoms in total. The van der Waals surface area contributed by atoms with E-state index in [1.165, 1.54) is 12.1 Å². The van der Waals surface area contributed by atoms with Crippen molar-refractivity contribution in [1.82, 2.24) is 35.1 Å². The molecular formula is C28H23FN8O. The van der Waals surface area contributed by atoms with Gasteiger partial charge in [-0.05, 0) is 35.9 Å². The number of nitrogens with one attached hydrogen (secondary N) is 3. The summed E-state index contributed by atoms with van der Waals surface area (Å²) >= 11 is 0. The van der Waals surface area contributed by atoms with Crippen molar-refractivity contribution in [2.45, 2.75) is 20.8 Å². The minimum atomic E-state index is -0.530. The highest BCUT2D eigenvalue weighted by Gasteiger charge is 2.22. The first kappa shape index (κ1) is 23.4. The lowest BCUT2D eigenvalue weighted by molar-refractivity contribution is -0.123. The smallest absolute Gasteiger partial charge is 0.229 e. The Balaban J connectivity index is 1.39. The van der Waals surface area contributed by atoms with Crippen molar-refractivity contribution in [2.24, 2.45) is 5.41 Å². The quantitative estimate of drug-likeness (QED) is 0.280. The van der Waals surface area contributed by atoms with Gasteiger partial charge < -0.3 is 10.3 Å². The number of aromatic amines is 2. The summed E-state index contributed by atoms with van der Waals surface area (Å²) in [5, 5.41) is 10.4. The lowest BCUT2D eigenvalue weighted by atomic mass is 9.95. The van der Waals surface area contributed by atoms with Crippen LogP contribution in [0.2, 0.25) is 0 Å². The van der Waals surface area contributed by atoms with Gasteiger partial charge in [0.15, 0.2) is 11.5 Å². The molecule has 3 N–H and O–H groups in total. The lowest BCUT2D eigenvalue weighted by Gasteiger charge is -2.17. The van der Waals surface area contributed by atoms with Gasteiger partial charge in [-0.3, -0.25) is 19.9 Å². The number of pyridine rings is 3. The van der Waals surface area contributed by atoms with Crippen LogP contribution in [0.1, 0.15) is 20.8 Å². The van der Waals surface area contributed by atoms with Crippen molar-refractivity contribution in [2.75, 3.05) is 5.32 Å². The first-order valence-corrected chi connectivity index (χ1v) is 12.0. The second-order valence-corrected chi connectivity index (χ2v) is 10.0. The fraction of sp³-hybridized carbons (Fsp3) is 0.143. The van der Waals surface area contributed by atoms with Gasteiger partial charge in [-0.15, -0.1) is 0 Å². The Bertz CT molecular complexity index is 1820. The largest absolute Gasteiger partial charge is 0.335 e. The van der Waals surface area contributed by atoms with E-state index in [9.17, 15) is 9.18 Å². The number of hydrogen-bond donors (Lipinski definition) is 3. The summed E-state index contributed by atoms with van der Waals surface area (Å²) in [6.45, 7) is 5.56. The maximum atomic E-state index is 13.5. The summed E-state index contributed by atoms with van der Waals surface area (Å²) in [7, 11) is 0. The van der Waals surface area contributed by atoms with E-state index in [4.69, 9.17) is 9.97 Å². The predicted octanol–water partition coefficient (Wildman–Crippen LogP) is 5.75. The normalized spacial score (nSPS) is 11.8. The van der Waals surface area contributed by atoms with E-state index >= 15 is 0 Å². The number of rotatable bonds is 4. The van der Waals surface area contributed by atoms with Gasteiger partial charge in [0.25, 0.3) is 0 Å². The van der Waals surface area contributed by atoms with E-state index in [0.717, 1.165) is 27.7 Å². The molecule has 0 bridgehead atoms. The topological polar surface area (TPSA) is 125 Å². The van der Waals surface area contributed by atoms with Crippen LogP contribution in [0.3, 0.4) is 0 Å². The van der Waals surface area contributed by atoms with Gasteiger partial charge in [-0.2, -0.15) is 5.10 Å². The standard InChI is InChI=1S/C28H23FN8O/c1-28(2,3)27(38)32-18-10-16(11-30-12-18)20-8-9-21-24(33-20)25(37-36-21)26-34-22-14-31-13-19(23(22)35-26)15-4-6-17(29)7-5-15/h4-14H,1-3H3,(H,32,38)(H,34,35)(H,36,37). The molecule has 0 spiro atoms. The zero-order chi connectivity index (χ0) is 26.4. The first-order valence-electron chi connectivity index (χ1n) is 12.0. The van der Waals surface area contributed by atoms with Gasteiger partial charge in [-0.25, -0.2) is 14.4 Å². The molecule has 0 aliphatic rings. The molecule has 0 fully saturated rings. The van der Waals surface area contributed by atoms with E-state index in [-0.39, 0.29) is 11.7 Å².